The van der Waals surface area contributed by atoms with Gasteiger partial charge in [-0.1, -0.05) is 90.0 Å². The van der Waals surface area contributed by atoms with E-state index in [1.807, 2.05) is 6.08 Å². The molecule has 4 heteroatoms. The minimum atomic E-state index is -0.399. The number of hydrogen-bond donors (Lipinski definition) is 1. The highest BCUT2D eigenvalue weighted by Gasteiger charge is 2.51. The van der Waals surface area contributed by atoms with Gasteiger partial charge in [0.05, 0.1) is 11.2 Å². The molecule has 2 N–H and O–H groups in total. The molecule has 0 unspecified atom stereocenters. The van der Waals surface area contributed by atoms with Crippen LogP contribution < -0.4 is 11.2 Å². The summed E-state index contributed by atoms with van der Waals surface area (Å²) in [7, 11) is -0.399. The molecular weight excluding hydrogens is 513 g/mol. The molecule has 1 aliphatic heterocycles. The largest absolute Gasteiger partial charge is 0.494 e. The molecule has 4 aromatic carbocycles. The Balaban J connectivity index is 1.54. The Morgan fingerprint density at radius 3 is 1.86 bits per heavy atom. The third-order valence-electron chi connectivity index (χ3n) is 8.59. The summed E-state index contributed by atoms with van der Waals surface area (Å²) in [6.45, 7) is 12.7. The Morgan fingerprint density at radius 1 is 0.714 bits per heavy atom. The Kier molecular flexibility index (Phi) is 8.59. The highest BCUT2D eigenvalue weighted by Crippen LogP contribution is 2.37. The van der Waals surface area contributed by atoms with Gasteiger partial charge >= 0.3 is 7.12 Å². The first-order valence-corrected chi connectivity index (χ1v) is 14.9. The van der Waals surface area contributed by atoms with Crippen LogP contribution in [0.1, 0.15) is 52.2 Å². The van der Waals surface area contributed by atoms with Crippen molar-refractivity contribution in [2.45, 2.75) is 65.6 Å². The lowest BCUT2D eigenvalue weighted by Crippen LogP contribution is -2.41. The van der Waals surface area contributed by atoms with E-state index in [2.05, 4.69) is 139 Å². The van der Waals surface area contributed by atoms with Crippen molar-refractivity contribution in [2.75, 3.05) is 0 Å². The molecule has 214 valence electrons. The van der Waals surface area contributed by atoms with Crippen molar-refractivity contribution in [1.82, 2.24) is 0 Å². The summed E-state index contributed by atoms with van der Waals surface area (Å²) in [5, 5.41) is 0. The number of rotatable bonds is 8. The predicted molar refractivity (Wildman–Crippen MR) is 179 cm³/mol. The van der Waals surface area contributed by atoms with Gasteiger partial charge in [-0.25, -0.2) is 0 Å². The van der Waals surface area contributed by atoms with E-state index in [9.17, 15) is 0 Å². The van der Waals surface area contributed by atoms with Gasteiger partial charge in [-0.3, -0.25) is 0 Å². The molecule has 1 heterocycles. The van der Waals surface area contributed by atoms with Crippen LogP contribution in [0.4, 0.5) is 0 Å². The minimum absolute atomic E-state index is 0.383. The molecule has 0 atom stereocenters. The summed E-state index contributed by atoms with van der Waals surface area (Å²) in [6, 6.07) is 33.1. The van der Waals surface area contributed by atoms with Crippen LogP contribution in [0.25, 0.3) is 33.4 Å². The second kappa shape index (κ2) is 12.2. The molecule has 1 saturated heterocycles. The number of benzene rings is 4. The maximum atomic E-state index is 6.38. The van der Waals surface area contributed by atoms with Crippen LogP contribution in [0, 0.1) is 6.92 Å². The molecular formula is C38H42BNO2. The molecule has 0 aliphatic carbocycles. The molecule has 1 fully saturated rings. The van der Waals surface area contributed by atoms with Gasteiger partial charge in [-0.15, -0.1) is 0 Å². The Morgan fingerprint density at radius 2 is 1.26 bits per heavy atom. The van der Waals surface area contributed by atoms with Crippen LogP contribution in [0.3, 0.4) is 0 Å². The topological polar surface area (TPSA) is 44.5 Å². The molecule has 3 nitrogen and oxygen atoms in total. The summed E-state index contributed by atoms with van der Waals surface area (Å²) >= 11 is 0. The normalized spacial score (nSPS) is 16.3. The van der Waals surface area contributed by atoms with Crippen molar-refractivity contribution in [2.24, 2.45) is 5.73 Å². The van der Waals surface area contributed by atoms with Gasteiger partial charge in [0, 0.05) is 0 Å². The van der Waals surface area contributed by atoms with Gasteiger partial charge in [0.1, 0.15) is 0 Å². The predicted octanol–water partition coefficient (Wildman–Crippen LogP) is 8.65. The van der Waals surface area contributed by atoms with Crippen molar-refractivity contribution in [3.05, 3.63) is 126 Å². The van der Waals surface area contributed by atoms with E-state index in [-0.39, 0.29) is 11.2 Å². The average Bonchev–Trinajstić information content (AvgIpc) is 3.21. The number of aryl methyl sites for hydroxylation is 2. The number of nitrogens with two attached hydrogens (primary N) is 1. The van der Waals surface area contributed by atoms with E-state index in [1.54, 1.807) is 6.20 Å². The molecule has 0 bridgehead atoms. The molecule has 5 rings (SSSR count). The first-order valence-electron chi connectivity index (χ1n) is 14.9. The number of hydrogen-bond acceptors (Lipinski definition) is 3. The third kappa shape index (κ3) is 6.62. The smallest absolute Gasteiger partial charge is 0.405 e. The van der Waals surface area contributed by atoms with Gasteiger partial charge in [0.15, 0.2) is 0 Å². The fourth-order valence-corrected chi connectivity index (χ4v) is 5.35. The van der Waals surface area contributed by atoms with E-state index >= 15 is 0 Å². The van der Waals surface area contributed by atoms with Crippen LogP contribution in [-0.4, -0.2) is 18.3 Å². The first kappa shape index (κ1) is 29.6. The molecule has 0 spiro atoms. The van der Waals surface area contributed by atoms with Crippen molar-refractivity contribution in [1.29, 1.82) is 0 Å². The maximum absolute atomic E-state index is 6.38. The summed E-state index contributed by atoms with van der Waals surface area (Å²) in [5.41, 5.74) is 16.8. The standard InChI is InChI=1S/C38H42BNO2/c1-27(12-10-20-40)18-19-29-13-8-15-31(22-29)34-23-33(30-14-7-11-28(2)21-30)24-35(25-34)32-16-9-17-36(26-32)39-41-37(3,4)38(5,6)42-39/h7-17,20-26H,18-19,40H2,1-6H3/b20-10-,27-12-. The van der Waals surface area contributed by atoms with Gasteiger partial charge in [0.25, 0.3) is 0 Å². The van der Waals surface area contributed by atoms with Gasteiger partial charge in [-0.2, -0.15) is 0 Å². The molecule has 0 aromatic heterocycles. The van der Waals surface area contributed by atoms with Crippen molar-refractivity contribution in [3.63, 3.8) is 0 Å². The summed E-state index contributed by atoms with van der Waals surface area (Å²) in [6.07, 6.45) is 7.53. The minimum Gasteiger partial charge on any atom is -0.405 e. The summed E-state index contributed by atoms with van der Waals surface area (Å²) in [4.78, 5) is 0. The summed E-state index contributed by atoms with van der Waals surface area (Å²) in [5.74, 6) is 0. The lowest BCUT2D eigenvalue weighted by atomic mass is 9.77. The molecule has 0 saturated carbocycles. The molecule has 4 aromatic rings. The van der Waals surface area contributed by atoms with E-state index in [0.717, 1.165) is 23.9 Å². The van der Waals surface area contributed by atoms with Crippen molar-refractivity contribution >= 4 is 12.6 Å². The first-order chi connectivity index (χ1) is 20.0. The van der Waals surface area contributed by atoms with Gasteiger partial charge in [0.2, 0.25) is 0 Å². The zero-order chi connectivity index (χ0) is 29.9. The highest BCUT2D eigenvalue weighted by atomic mass is 16.7. The van der Waals surface area contributed by atoms with Crippen molar-refractivity contribution in [3.8, 4) is 33.4 Å². The Bertz CT molecular complexity index is 1620. The van der Waals surface area contributed by atoms with Crippen LogP contribution in [0.2, 0.25) is 0 Å². The fraction of sp³-hybridized carbons (Fsp3) is 0.263. The van der Waals surface area contributed by atoms with E-state index < -0.39 is 7.12 Å². The molecule has 0 radical (unpaired) electrons. The van der Waals surface area contributed by atoms with Gasteiger partial charge < -0.3 is 15.0 Å². The zero-order valence-corrected chi connectivity index (χ0v) is 25.8. The lowest BCUT2D eigenvalue weighted by molar-refractivity contribution is 0.00578. The maximum Gasteiger partial charge on any atom is 0.494 e. The van der Waals surface area contributed by atoms with Crippen LogP contribution in [0.5, 0.6) is 0 Å². The van der Waals surface area contributed by atoms with Crippen LogP contribution in [-0.2, 0) is 15.7 Å². The fourth-order valence-electron chi connectivity index (χ4n) is 5.35. The molecule has 1 aliphatic rings. The van der Waals surface area contributed by atoms with E-state index in [1.165, 1.54) is 44.5 Å². The van der Waals surface area contributed by atoms with Crippen LogP contribution >= 0.6 is 0 Å². The molecule has 0 amide bonds. The van der Waals surface area contributed by atoms with Gasteiger partial charge in [-0.05, 0) is 129 Å². The zero-order valence-electron chi connectivity index (χ0n) is 25.8. The summed E-state index contributed by atoms with van der Waals surface area (Å²) < 4.78 is 12.8. The quantitative estimate of drug-likeness (QED) is 0.175. The monoisotopic (exact) mass is 555 g/mol. The SMILES string of the molecule is C/C(=C/C=C\N)CCc1cccc(-c2cc(-c3cccc(C)c3)cc(-c3cccc(B4OC(C)(C)C(C)(C)O4)c3)c2)c1. The lowest BCUT2D eigenvalue weighted by Gasteiger charge is -2.32. The average molecular weight is 556 g/mol. The van der Waals surface area contributed by atoms with E-state index in [4.69, 9.17) is 15.0 Å². The highest BCUT2D eigenvalue weighted by molar-refractivity contribution is 6.62. The molecule has 42 heavy (non-hydrogen) atoms. The van der Waals surface area contributed by atoms with Crippen LogP contribution in [0.15, 0.2) is 115 Å². The second-order valence-corrected chi connectivity index (χ2v) is 12.5. The Labute approximate surface area is 252 Å². The second-order valence-electron chi connectivity index (χ2n) is 12.5. The Hall–Kier alpha value is -3.86. The van der Waals surface area contributed by atoms with Crippen molar-refractivity contribution < 1.29 is 9.31 Å². The number of allylic oxidation sites excluding steroid dienone is 3. The van der Waals surface area contributed by atoms with E-state index in [0.29, 0.717) is 0 Å². The third-order valence-corrected chi connectivity index (χ3v) is 8.59.